The van der Waals surface area contributed by atoms with Crippen LogP contribution in [0.3, 0.4) is 0 Å². The van der Waals surface area contributed by atoms with E-state index in [1.54, 1.807) is 18.2 Å². The summed E-state index contributed by atoms with van der Waals surface area (Å²) in [5.74, 6) is -1.12. The van der Waals surface area contributed by atoms with E-state index >= 15 is 0 Å². The van der Waals surface area contributed by atoms with Crippen LogP contribution in [0.2, 0.25) is 0 Å². The van der Waals surface area contributed by atoms with E-state index < -0.39 is 33.2 Å². The van der Waals surface area contributed by atoms with Crippen molar-refractivity contribution in [3.8, 4) is 0 Å². The van der Waals surface area contributed by atoms with Gasteiger partial charge in [-0.25, -0.2) is 13.2 Å². The van der Waals surface area contributed by atoms with Crippen LogP contribution in [0.15, 0.2) is 53.1 Å². The maximum absolute atomic E-state index is 13.2. The molecule has 2 aliphatic rings. The number of sulfonamides is 1. The summed E-state index contributed by atoms with van der Waals surface area (Å²) in [5.41, 5.74) is -2.11. The second kappa shape index (κ2) is 9.35. The molecule has 0 aromatic heterocycles. The molecule has 1 aliphatic heterocycles. The monoisotopic (exact) mass is 502 g/mol. The van der Waals surface area contributed by atoms with E-state index in [-0.39, 0.29) is 31.0 Å². The molecule has 34 heavy (non-hydrogen) atoms. The average molecular weight is 503 g/mol. The molecule has 0 bridgehead atoms. The number of carbonyl (C=O) groups is 1. The normalized spacial score (nSPS) is 22.5. The number of ether oxygens (including phenoxy) is 1. The van der Waals surface area contributed by atoms with Gasteiger partial charge in [0.2, 0.25) is 10.0 Å². The molecule has 1 heterocycles. The molecule has 1 unspecified atom stereocenters. The molecule has 0 spiro atoms. The van der Waals surface area contributed by atoms with Gasteiger partial charge < -0.3 is 14.7 Å². The zero-order valence-electron chi connectivity index (χ0n) is 19.3. The van der Waals surface area contributed by atoms with Gasteiger partial charge in [0.05, 0.1) is 16.9 Å². The lowest BCUT2D eigenvalue weighted by Gasteiger charge is -2.38. The molecule has 11 heteroatoms. The van der Waals surface area contributed by atoms with Gasteiger partial charge in [0.25, 0.3) is 0 Å². The van der Waals surface area contributed by atoms with Crippen molar-refractivity contribution in [2.75, 3.05) is 26.2 Å². The Morgan fingerprint density at radius 2 is 1.82 bits per heavy atom. The number of rotatable bonds is 7. The zero-order chi connectivity index (χ0) is 25.4. The van der Waals surface area contributed by atoms with Crippen molar-refractivity contribution < 1.29 is 36.2 Å². The molecule has 0 saturated carbocycles. The van der Waals surface area contributed by atoms with E-state index in [1.807, 2.05) is 4.90 Å². The Bertz CT molecular complexity index is 1090. The topological polar surface area (TPSA) is 87.2 Å². The Morgan fingerprint density at radius 3 is 2.35 bits per heavy atom. The van der Waals surface area contributed by atoms with Crippen LogP contribution in [-0.2, 0) is 26.2 Å². The maximum atomic E-state index is 13.2. The third-order valence-corrected chi connectivity index (χ3v) is 8.15. The highest BCUT2D eigenvalue weighted by atomic mass is 32.2. The van der Waals surface area contributed by atoms with Crippen LogP contribution in [0.25, 0.3) is 0 Å². The minimum atomic E-state index is -4.33. The summed E-state index contributed by atoms with van der Waals surface area (Å²) >= 11 is 0. The number of benzene rings is 1. The van der Waals surface area contributed by atoms with E-state index in [1.165, 1.54) is 42.4 Å². The maximum Gasteiger partial charge on any atom is 0.397 e. The van der Waals surface area contributed by atoms with Gasteiger partial charge in [0, 0.05) is 31.9 Å². The molecule has 0 amide bonds. The molecule has 3 rings (SSSR count). The van der Waals surface area contributed by atoms with Crippen LogP contribution in [0.1, 0.15) is 32.8 Å². The summed E-state index contributed by atoms with van der Waals surface area (Å²) in [5, 5.41) is 9.16. The fourth-order valence-electron chi connectivity index (χ4n) is 3.62. The van der Waals surface area contributed by atoms with Crippen molar-refractivity contribution in [3.05, 3.63) is 53.8 Å². The summed E-state index contributed by atoms with van der Waals surface area (Å²) in [6, 6.07) is 6.16. The van der Waals surface area contributed by atoms with Gasteiger partial charge in [-0.1, -0.05) is 24.3 Å². The number of allylic oxidation sites excluding steroid dienone is 3. The second-order valence-electron chi connectivity index (χ2n) is 9.22. The van der Waals surface area contributed by atoms with Crippen LogP contribution < -0.4 is 0 Å². The number of carboxylic acids is 1. The van der Waals surface area contributed by atoms with E-state index in [0.29, 0.717) is 24.4 Å². The third kappa shape index (κ3) is 5.47. The van der Waals surface area contributed by atoms with Gasteiger partial charge >= 0.3 is 12.1 Å². The number of hydrogen-bond acceptors (Lipinski definition) is 5. The number of nitrogens with zero attached hydrogens (tertiary/aromatic N) is 2. The number of halogens is 3. The van der Waals surface area contributed by atoms with E-state index in [4.69, 9.17) is 9.84 Å². The molecule has 1 fully saturated rings. The highest BCUT2D eigenvalue weighted by Gasteiger charge is 2.49. The third-order valence-electron chi connectivity index (χ3n) is 6.26. The van der Waals surface area contributed by atoms with Crippen molar-refractivity contribution >= 4 is 16.0 Å². The van der Waals surface area contributed by atoms with Crippen LogP contribution >= 0.6 is 0 Å². The largest absolute Gasteiger partial charge is 0.479 e. The summed E-state index contributed by atoms with van der Waals surface area (Å²) < 4.78 is 72.7. The Hall–Kier alpha value is -2.37. The minimum absolute atomic E-state index is 0.0617. The number of aliphatic carboxylic acids is 1. The lowest BCUT2D eigenvalue weighted by Crippen LogP contribution is -2.48. The fraction of sp³-hybridized carbons (Fsp3) is 0.522. The second-order valence-corrected chi connectivity index (χ2v) is 11.2. The quantitative estimate of drug-likeness (QED) is 0.611. The summed E-state index contributed by atoms with van der Waals surface area (Å²) in [6.07, 6.45) is -0.302. The molecule has 1 atom stereocenters. The molecular formula is C23H29F3N2O5S. The zero-order valence-corrected chi connectivity index (χ0v) is 20.1. The predicted octanol–water partition coefficient (Wildman–Crippen LogP) is 3.79. The van der Waals surface area contributed by atoms with Gasteiger partial charge in [0.1, 0.15) is 0 Å². The lowest BCUT2D eigenvalue weighted by molar-refractivity contribution is -0.199. The number of carboxylic acid groups (broad SMARTS) is 1. The summed E-state index contributed by atoms with van der Waals surface area (Å²) in [6.45, 7) is 5.01. The van der Waals surface area contributed by atoms with Crippen molar-refractivity contribution in [2.24, 2.45) is 5.41 Å². The van der Waals surface area contributed by atoms with Crippen LogP contribution in [-0.4, -0.2) is 66.7 Å². The highest BCUT2D eigenvalue weighted by Crippen LogP contribution is 2.44. The molecule has 188 valence electrons. The Balaban J connectivity index is 1.63. The molecule has 0 radical (unpaired) electrons. The number of alkyl halides is 3. The predicted molar refractivity (Wildman–Crippen MR) is 119 cm³/mol. The molecule has 1 N–H and O–H groups in total. The van der Waals surface area contributed by atoms with Crippen LogP contribution in [0.4, 0.5) is 13.2 Å². The number of piperazine rings is 1. The van der Waals surface area contributed by atoms with Crippen LogP contribution in [0.5, 0.6) is 0 Å². The van der Waals surface area contributed by atoms with Gasteiger partial charge in [-0.3, -0.25) is 0 Å². The van der Waals surface area contributed by atoms with E-state index in [2.05, 4.69) is 0 Å². The first-order valence-corrected chi connectivity index (χ1v) is 12.3. The minimum Gasteiger partial charge on any atom is -0.479 e. The van der Waals surface area contributed by atoms with Gasteiger partial charge in [-0.15, -0.1) is 0 Å². The van der Waals surface area contributed by atoms with Crippen LogP contribution in [0, 0.1) is 5.41 Å². The van der Waals surface area contributed by atoms with Crippen molar-refractivity contribution in [3.63, 3.8) is 0 Å². The van der Waals surface area contributed by atoms with Gasteiger partial charge in [-0.05, 0) is 51.0 Å². The lowest BCUT2D eigenvalue weighted by atomic mass is 9.82. The SMILES string of the molecule is CC(C)(OCc1cccc(S(=O)(=O)N2CCN(C3=CCC(C)(C(F)(F)F)C=C3)CC2)c1)C(=O)O. The molecule has 1 saturated heterocycles. The molecule has 1 aromatic carbocycles. The fourth-order valence-corrected chi connectivity index (χ4v) is 5.12. The molecule has 7 nitrogen and oxygen atoms in total. The molecular weight excluding hydrogens is 473 g/mol. The smallest absolute Gasteiger partial charge is 0.397 e. The standard InChI is InChI=1S/C23H29F3N2O5S/c1-21(2,20(29)30)33-16-17-5-4-6-19(15-17)34(31,32)28-13-11-27(12-14-28)18-7-9-22(3,10-8-18)23(24,25)26/h4-9,15H,10-14,16H2,1-3H3,(H,29,30). The average Bonchev–Trinajstić information content (AvgIpc) is 2.78. The Labute approximate surface area is 197 Å². The van der Waals surface area contributed by atoms with Crippen molar-refractivity contribution in [2.45, 2.75) is 50.5 Å². The first-order valence-electron chi connectivity index (χ1n) is 10.8. The molecule has 1 aromatic rings. The summed E-state index contributed by atoms with van der Waals surface area (Å²) in [4.78, 5) is 13.2. The molecule has 1 aliphatic carbocycles. The van der Waals surface area contributed by atoms with Crippen molar-refractivity contribution in [1.29, 1.82) is 0 Å². The first-order chi connectivity index (χ1) is 15.7. The van der Waals surface area contributed by atoms with E-state index in [9.17, 15) is 26.4 Å². The van der Waals surface area contributed by atoms with E-state index in [0.717, 1.165) is 6.92 Å². The highest BCUT2D eigenvalue weighted by molar-refractivity contribution is 7.89. The van der Waals surface area contributed by atoms with Crippen molar-refractivity contribution in [1.82, 2.24) is 9.21 Å². The number of hydrogen-bond donors (Lipinski definition) is 1. The van der Waals surface area contributed by atoms with Gasteiger partial charge in [0.15, 0.2) is 5.60 Å². The Kier molecular flexibility index (Phi) is 7.22. The summed E-state index contributed by atoms with van der Waals surface area (Å²) in [7, 11) is -3.80. The Morgan fingerprint density at radius 1 is 1.18 bits per heavy atom. The van der Waals surface area contributed by atoms with Gasteiger partial charge in [-0.2, -0.15) is 17.5 Å². The first kappa shape index (κ1) is 26.2.